The lowest BCUT2D eigenvalue weighted by molar-refractivity contribution is -0.140. The normalized spacial score (nSPS) is 18.2. The number of H-pyrrole nitrogens is 1. The number of morpholine rings is 1. The van der Waals surface area contributed by atoms with Crippen molar-refractivity contribution in [3.63, 3.8) is 0 Å². The van der Waals surface area contributed by atoms with Crippen LogP contribution in [0.3, 0.4) is 0 Å². The minimum Gasteiger partial charge on any atom is -0.493 e. The predicted molar refractivity (Wildman–Crippen MR) is 80.4 cm³/mol. The average molecular weight is 301 g/mol. The van der Waals surface area contributed by atoms with Gasteiger partial charge in [-0.05, 0) is 18.2 Å². The molecule has 1 aromatic carbocycles. The summed E-state index contributed by atoms with van der Waals surface area (Å²) < 4.78 is 11.1. The molecule has 1 N–H and O–H groups in total. The first-order valence-electron chi connectivity index (χ1n) is 7.39. The fourth-order valence-corrected chi connectivity index (χ4v) is 2.53. The molecule has 2 heterocycles. The summed E-state index contributed by atoms with van der Waals surface area (Å²) in [5, 5.41) is 6.87. The van der Waals surface area contributed by atoms with Crippen molar-refractivity contribution in [1.29, 1.82) is 0 Å². The van der Waals surface area contributed by atoms with Crippen molar-refractivity contribution >= 4 is 5.91 Å². The summed E-state index contributed by atoms with van der Waals surface area (Å²) in [5.74, 6) is 0.848. The molecule has 3 rings (SSSR count). The summed E-state index contributed by atoms with van der Waals surface area (Å²) in [7, 11) is 0. The third kappa shape index (κ3) is 3.46. The molecule has 0 aliphatic carbocycles. The van der Waals surface area contributed by atoms with Crippen LogP contribution in [-0.2, 0) is 9.53 Å². The molecule has 1 amide bonds. The van der Waals surface area contributed by atoms with Gasteiger partial charge in [0, 0.05) is 12.7 Å². The molecular weight excluding hydrogens is 282 g/mol. The maximum absolute atomic E-state index is 12.4. The Labute approximate surface area is 129 Å². The van der Waals surface area contributed by atoms with E-state index in [4.69, 9.17) is 9.47 Å². The zero-order valence-corrected chi connectivity index (χ0v) is 12.3. The molecule has 2 aromatic rings. The van der Waals surface area contributed by atoms with E-state index < -0.39 is 0 Å². The Hall–Kier alpha value is -2.34. The third-order valence-corrected chi connectivity index (χ3v) is 3.66. The molecule has 116 valence electrons. The summed E-state index contributed by atoms with van der Waals surface area (Å²) in [6, 6.07) is 11.3. The van der Waals surface area contributed by atoms with Crippen LogP contribution < -0.4 is 4.74 Å². The molecule has 6 heteroatoms. The Morgan fingerprint density at radius 1 is 1.36 bits per heavy atom. The topological polar surface area (TPSA) is 67.4 Å². The second-order valence-corrected chi connectivity index (χ2v) is 5.10. The monoisotopic (exact) mass is 301 g/mol. The van der Waals surface area contributed by atoms with Gasteiger partial charge in [0.25, 0.3) is 0 Å². The summed E-state index contributed by atoms with van der Waals surface area (Å²) in [5.41, 5.74) is 0.900. The minimum absolute atomic E-state index is 0.0684. The number of hydrogen-bond donors (Lipinski definition) is 1. The third-order valence-electron chi connectivity index (χ3n) is 3.66. The van der Waals surface area contributed by atoms with E-state index in [1.54, 1.807) is 6.20 Å². The lowest BCUT2D eigenvalue weighted by atomic mass is 10.1. The molecule has 6 nitrogen and oxygen atoms in total. The average Bonchev–Trinajstić information content (AvgIpc) is 3.10. The van der Waals surface area contributed by atoms with Gasteiger partial charge in [-0.2, -0.15) is 5.10 Å². The van der Waals surface area contributed by atoms with Crippen molar-refractivity contribution in [3.05, 3.63) is 48.3 Å². The predicted octanol–water partition coefficient (Wildman–Crippen LogP) is 1.78. The van der Waals surface area contributed by atoms with Crippen LogP contribution in [0.5, 0.6) is 5.75 Å². The van der Waals surface area contributed by atoms with Gasteiger partial charge in [-0.15, -0.1) is 0 Å². The Kier molecular flexibility index (Phi) is 4.70. The lowest BCUT2D eigenvalue weighted by Gasteiger charge is -2.35. The smallest absolute Gasteiger partial charge is 0.226 e. The lowest BCUT2D eigenvalue weighted by Crippen LogP contribution is -2.44. The number of nitrogens with zero attached hydrogens (tertiary/aromatic N) is 2. The Bertz CT molecular complexity index is 586. The van der Waals surface area contributed by atoms with Gasteiger partial charge >= 0.3 is 0 Å². The number of carbonyl (C=O) groups excluding carboxylic acids is 1. The molecule has 0 bridgehead atoms. The molecule has 1 fully saturated rings. The minimum atomic E-state index is -0.0968. The highest BCUT2D eigenvalue weighted by Gasteiger charge is 2.29. The summed E-state index contributed by atoms with van der Waals surface area (Å²) in [4.78, 5) is 14.3. The van der Waals surface area contributed by atoms with Crippen molar-refractivity contribution in [2.75, 3.05) is 26.4 Å². The van der Waals surface area contributed by atoms with Gasteiger partial charge in [0.05, 0.1) is 38.0 Å². The summed E-state index contributed by atoms with van der Waals surface area (Å²) in [6.07, 6.45) is 2.03. The van der Waals surface area contributed by atoms with Crippen LogP contribution in [0.25, 0.3) is 0 Å². The maximum Gasteiger partial charge on any atom is 0.226 e. The van der Waals surface area contributed by atoms with Crippen molar-refractivity contribution < 1.29 is 14.3 Å². The fraction of sp³-hybridized carbons (Fsp3) is 0.375. The first kappa shape index (κ1) is 14.6. The number of ether oxygens (including phenoxy) is 2. The summed E-state index contributed by atoms with van der Waals surface area (Å²) in [6.45, 7) is 2.02. The van der Waals surface area contributed by atoms with Gasteiger partial charge in [-0.1, -0.05) is 18.2 Å². The Morgan fingerprint density at radius 2 is 2.23 bits per heavy atom. The molecule has 0 radical (unpaired) electrons. The van der Waals surface area contributed by atoms with Crippen molar-refractivity contribution in [3.8, 4) is 5.75 Å². The number of amides is 1. The van der Waals surface area contributed by atoms with Gasteiger partial charge in [0.1, 0.15) is 5.75 Å². The van der Waals surface area contributed by atoms with Crippen LogP contribution >= 0.6 is 0 Å². The van der Waals surface area contributed by atoms with Crippen LogP contribution in [-0.4, -0.2) is 47.4 Å². The van der Waals surface area contributed by atoms with Gasteiger partial charge in [0.15, 0.2) is 0 Å². The van der Waals surface area contributed by atoms with E-state index in [0.717, 1.165) is 11.4 Å². The zero-order valence-electron chi connectivity index (χ0n) is 12.3. The number of rotatable bonds is 5. The van der Waals surface area contributed by atoms with E-state index in [0.29, 0.717) is 32.8 Å². The fourth-order valence-electron chi connectivity index (χ4n) is 2.53. The highest BCUT2D eigenvalue weighted by molar-refractivity contribution is 5.77. The first-order chi connectivity index (χ1) is 10.8. The number of carbonyl (C=O) groups is 1. The largest absolute Gasteiger partial charge is 0.493 e. The van der Waals surface area contributed by atoms with Gasteiger partial charge in [-0.3, -0.25) is 9.89 Å². The Morgan fingerprint density at radius 3 is 3.00 bits per heavy atom. The molecule has 1 aromatic heterocycles. The highest BCUT2D eigenvalue weighted by atomic mass is 16.5. The number of benzene rings is 1. The molecule has 22 heavy (non-hydrogen) atoms. The standard InChI is InChI=1S/C16H19N3O3/c20-16(7-10-22-13-4-2-1-3-5-13)19-9-11-21-12-15(19)14-6-8-17-18-14/h1-6,8,15H,7,9-12H2,(H,17,18)/t15-/m0/s1. The van der Waals surface area contributed by atoms with E-state index in [2.05, 4.69) is 10.2 Å². The van der Waals surface area contributed by atoms with E-state index in [1.165, 1.54) is 0 Å². The molecule has 0 saturated carbocycles. The highest BCUT2D eigenvalue weighted by Crippen LogP contribution is 2.23. The van der Waals surface area contributed by atoms with E-state index >= 15 is 0 Å². The van der Waals surface area contributed by atoms with Crippen molar-refractivity contribution in [2.45, 2.75) is 12.5 Å². The quantitative estimate of drug-likeness (QED) is 0.914. The van der Waals surface area contributed by atoms with Crippen LogP contribution in [0.1, 0.15) is 18.2 Å². The zero-order chi connectivity index (χ0) is 15.2. The van der Waals surface area contributed by atoms with Crippen LogP contribution in [0.15, 0.2) is 42.6 Å². The van der Waals surface area contributed by atoms with E-state index in [9.17, 15) is 4.79 Å². The van der Waals surface area contributed by atoms with Gasteiger partial charge in [-0.25, -0.2) is 0 Å². The molecule has 1 atom stereocenters. The summed E-state index contributed by atoms with van der Waals surface area (Å²) >= 11 is 0. The first-order valence-corrected chi connectivity index (χ1v) is 7.39. The number of hydrogen-bond acceptors (Lipinski definition) is 4. The molecular formula is C16H19N3O3. The second kappa shape index (κ2) is 7.09. The Balaban J connectivity index is 1.56. The van der Waals surface area contributed by atoms with Gasteiger partial charge in [0.2, 0.25) is 5.91 Å². The SMILES string of the molecule is O=C(CCOc1ccccc1)N1CCOC[C@H]1c1ccn[nH]1. The van der Waals surface area contributed by atoms with E-state index in [-0.39, 0.29) is 11.9 Å². The number of nitrogens with one attached hydrogen (secondary N) is 1. The van der Waals surface area contributed by atoms with E-state index in [1.807, 2.05) is 41.3 Å². The molecule has 0 unspecified atom stereocenters. The number of aromatic amines is 1. The van der Waals surface area contributed by atoms with Crippen LogP contribution in [0, 0.1) is 0 Å². The van der Waals surface area contributed by atoms with Crippen molar-refractivity contribution in [2.24, 2.45) is 0 Å². The van der Waals surface area contributed by atoms with Gasteiger partial charge < -0.3 is 14.4 Å². The molecule has 1 aliphatic heterocycles. The second-order valence-electron chi connectivity index (χ2n) is 5.10. The molecule has 1 saturated heterocycles. The van der Waals surface area contributed by atoms with Crippen LogP contribution in [0.2, 0.25) is 0 Å². The molecule has 1 aliphatic rings. The number of aromatic nitrogens is 2. The maximum atomic E-state index is 12.4. The number of para-hydroxylation sites is 1. The van der Waals surface area contributed by atoms with Crippen molar-refractivity contribution in [1.82, 2.24) is 15.1 Å². The van der Waals surface area contributed by atoms with Crippen LogP contribution in [0.4, 0.5) is 0 Å². The molecule has 0 spiro atoms.